The number of hydrogen-bond donors (Lipinski definition) is 1. The zero-order valence-corrected chi connectivity index (χ0v) is 12.8. The average Bonchev–Trinajstić information content (AvgIpc) is 2.47. The molecule has 114 valence electrons. The summed E-state index contributed by atoms with van der Waals surface area (Å²) >= 11 is 11.5. The molecule has 0 unspecified atom stereocenters. The molecule has 1 N–H and O–H groups in total. The molecule has 0 aliphatic carbocycles. The van der Waals surface area contributed by atoms with Crippen LogP contribution in [-0.4, -0.2) is 54.5 Å². The van der Waals surface area contributed by atoms with E-state index < -0.39 is 0 Å². The third-order valence-electron chi connectivity index (χ3n) is 3.01. The minimum Gasteiger partial charge on any atom is -0.378 e. The number of halogens is 2. The summed E-state index contributed by atoms with van der Waals surface area (Å²) < 4.78 is 5.18. The summed E-state index contributed by atoms with van der Waals surface area (Å²) in [5, 5.41) is 2.96. The molecule has 1 aliphatic rings. The fourth-order valence-corrected chi connectivity index (χ4v) is 2.41. The lowest BCUT2D eigenvalue weighted by molar-refractivity contribution is -0.135. The van der Waals surface area contributed by atoms with Crippen molar-refractivity contribution in [2.45, 2.75) is 6.42 Å². The Morgan fingerprint density at radius 2 is 1.86 bits per heavy atom. The van der Waals surface area contributed by atoms with Crippen LogP contribution in [0.2, 0.25) is 10.3 Å². The van der Waals surface area contributed by atoms with E-state index in [2.05, 4.69) is 10.3 Å². The van der Waals surface area contributed by atoms with Gasteiger partial charge in [-0.15, -0.1) is 0 Å². The number of pyridine rings is 1. The van der Waals surface area contributed by atoms with Crippen LogP contribution >= 0.6 is 23.2 Å². The topological polar surface area (TPSA) is 71.5 Å². The molecule has 0 bridgehead atoms. The summed E-state index contributed by atoms with van der Waals surface area (Å²) in [5.41, 5.74) is 0.318. The number of nitrogens with zero attached hydrogens (tertiary/aromatic N) is 2. The highest BCUT2D eigenvalue weighted by Crippen LogP contribution is 2.14. The smallest absolute Gasteiger partial charge is 0.251 e. The first-order valence-corrected chi connectivity index (χ1v) is 7.28. The van der Waals surface area contributed by atoms with Gasteiger partial charge < -0.3 is 15.0 Å². The van der Waals surface area contributed by atoms with Gasteiger partial charge in [0, 0.05) is 31.6 Å². The minimum absolute atomic E-state index is 0.00407. The number of nitrogens with one attached hydrogen (secondary N) is 1. The SMILES string of the molecule is O=C(NCCC(=O)N1CCOCC1)c1cc(Cl)nc(Cl)c1. The molecular weight excluding hydrogens is 317 g/mol. The molecule has 0 radical (unpaired) electrons. The van der Waals surface area contributed by atoms with E-state index >= 15 is 0 Å². The van der Waals surface area contributed by atoms with E-state index in [4.69, 9.17) is 27.9 Å². The zero-order valence-electron chi connectivity index (χ0n) is 11.3. The van der Waals surface area contributed by atoms with E-state index in [-0.39, 0.29) is 35.1 Å². The van der Waals surface area contributed by atoms with Crippen LogP contribution < -0.4 is 5.32 Å². The number of amides is 2. The number of morpholine rings is 1. The molecule has 1 aromatic heterocycles. The molecule has 21 heavy (non-hydrogen) atoms. The van der Waals surface area contributed by atoms with Gasteiger partial charge in [0.15, 0.2) is 0 Å². The Bertz CT molecular complexity index is 513. The molecule has 6 nitrogen and oxygen atoms in total. The molecule has 1 saturated heterocycles. The molecule has 1 aromatic rings. The van der Waals surface area contributed by atoms with Crippen molar-refractivity contribution < 1.29 is 14.3 Å². The van der Waals surface area contributed by atoms with Crippen molar-refractivity contribution >= 4 is 35.0 Å². The van der Waals surface area contributed by atoms with Gasteiger partial charge in [0.05, 0.1) is 13.2 Å². The van der Waals surface area contributed by atoms with Crippen LogP contribution in [0.3, 0.4) is 0 Å². The van der Waals surface area contributed by atoms with Gasteiger partial charge in [0.2, 0.25) is 5.91 Å². The average molecular weight is 332 g/mol. The van der Waals surface area contributed by atoms with Crippen LogP contribution in [0.25, 0.3) is 0 Å². The summed E-state index contributed by atoms with van der Waals surface area (Å²) in [6.45, 7) is 2.58. The van der Waals surface area contributed by atoms with Gasteiger partial charge in [-0.2, -0.15) is 0 Å². The summed E-state index contributed by atoms with van der Waals surface area (Å²) in [6.07, 6.45) is 0.248. The molecule has 0 aromatic carbocycles. The van der Waals surface area contributed by atoms with Crippen LogP contribution in [0, 0.1) is 0 Å². The molecular formula is C13H15Cl2N3O3. The summed E-state index contributed by atoms with van der Waals surface area (Å²) in [6, 6.07) is 2.85. The van der Waals surface area contributed by atoms with E-state index in [1.165, 1.54) is 12.1 Å². The van der Waals surface area contributed by atoms with Crippen molar-refractivity contribution in [3.63, 3.8) is 0 Å². The van der Waals surface area contributed by atoms with Gasteiger partial charge in [-0.3, -0.25) is 9.59 Å². The van der Waals surface area contributed by atoms with Gasteiger partial charge in [0.25, 0.3) is 5.91 Å². The van der Waals surface area contributed by atoms with Crippen LogP contribution in [-0.2, 0) is 9.53 Å². The first-order valence-electron chi connectivity index (χ1n) is 6.53. The first kappa shape index (κ1) is 16.0. The Morgan fingerprint density at radius 3 is 2.48 bits per heavy atom. The second kappa shape index (κ2) is 7.59. The van der Waals surface area contributed by atoms with Crippen LogP contribution in [0.15, 0.2) is 12.1 Å². The predicted octanol–water partition coefficient (Wildman–Crippen LogP) is 1.37. The second-order valence-corrected chi connectivity index (χ2v) is 5.27. The third kappa shape index (κ3) is 4.84. The number of aromatic nitrogens is 1. The van der Waals surface area contributed by atoms with E-state index in [1.807, 2.05) is 0 Å². The third-order valence-corrected chi connectivity index (χ3v) is 3.40. The largest absolute Gasteiger partial charge is 0.378 e. The quantitative estimate of drug-likeness (QED) is 0.846. The predicted molar refractivity (Wildman–Crippen MR) is 78.6 cm³/mol. The summed E-state index contributed by atoms with van der Waals surface area (Å²) in [7, 11) is 0. The van der Waals surface area contributed by atoms with E-state index in [0.29, 0.717) is 31.9 Å². The number of carbonyl (C=O) groups is 2. The molecule has 2 heterocycles. The second-order valence-electron chi connectivity index (χ2n) is 4.50. The van der Waals surface area contributed by atoms with Crippen molar-refractivity contribution in [2.24, 2.45) is 0 Å². The maximum absolute atomic E-state index is 11.9. The molecule has 0 atom stereocenters. The van der Waals surface area contributed by atoms with Crippen LogP contribution in [0.5, 0.6) is 0 Å². The standard InChI is InChI=1S/C13H15Cl2N3O3/c14-10-7-9(8-11(15)17-10)13(20)16-2-1-12(19)18-3-5-21-6-4-18/h7-8H,1-6H2,(H,16,20). The van der Waals surface area contributed by atoms with Gasteiger partial charge in [-0.05, 0) is 12.1 Å². The maximum Gasteiger partial charge on any atom is 0.251 e. The highest BCUT2D eigenvalue weighted by molar-refractivity contribution is 6.33. The monoisotopic (exact) mass is 331 g/mol. The minimum atomic E-state index is -0.337. The van der Waals surface area contributed by atoms with Crippen molar-refractivity contribution in [2.75, 3.05) is 32.8 Å². The Hall–Kier alpha value is -1.37. The van der Waals surface area contributed by atoms with E-state index in [9.17, 15) is 9.59 Å². The number of carbonyl (C=O) groups excluding carboxylic acids is 2. The Labute approximate surface area is 132 Å². The first-order chi connectivity index (χ1) is 10.1. The summed E-state index contributed by atoms with van der Waals surface area (Å²) in [4.78, 5) is 29.3. The molecule has 8 heteroatoms. The van der Waals surface area contributed by atoms with Crippen LogP contribution in [0.1, 0.15) is 16.8 Å². The number of hydrogen-bond acceptors (Lipinski definition) is 4. The molecule has 1 aliphatic heterocycles. The lowest BCUT2D eigenvalue weighted by Gasteiger charge is -2.26. The zero-order chi connectivity index (χ0) is 15.2. The molecule has 2 amide bonds. The number of rotatable bonds is 4. The van der Waals surface area contributed by atoms with Gasteiger partial charge >= 0.3 is 0 Å². The van der Waals surface area contributed by atoms with Crippen molar-refractivity contribution in [3.05, 3.63) is 28.0 Å². The fourth-order valence-electron chi connectivity index (χ4n) is 1.95. The maximum atomic E-state index is 11.9. The number of ether oxygens (including phenoxy) is 1. The van der Waals surface area contributed by atoms with Gasteiger partial charge in [0.1, 0.15) is 10.3 Å². The van der Waals surface area contributed by atoms with Gasteiger partial charge in [-0.25, -0.2) is 4.98 Å². The lowest BCUT2D eigenvalue weighted by Crippen LogP contribution is -2.42. The van der Waals surface area contributed by atoms with Crippen molar-refractivity contribution in [1.29, 1.82) is 0 Å². The van der Waals surface area contributed by atoms with Crippen LogP contribution in [0.4, 0.5) is 0 Å². The van der Waals surface area contributed by atoms with Gasteiger partial charge in [-0.1, -0.05) is 23.2 Å². The summed E-state index contributed by atoms with van der Waals surface area (Å²) in [5.74, 6) is -0.333. The molecule has 2 rings (SSSR count). The van der Waals surface area contributed by atoms with E-state index in [0.717, 1.165) is 0 Å². The molecule has 0 saturated carbocycles. The Morgan fingerprint density at radius 1 is 1.24 bits per heavy atom. The molecule has 1 fully saturated rings. The van der Waals surface area contributed by atoms with Crippen molar-refractivity contribution in [1.82, 2.24) is 15.2 Å². The normalized spacial score (nSPS) is 14.9. The van der Waals surface area contributed by atoms with E-state index in [1.54, 1.807) is 4.90 Å². The Kier molecular flexibility index (Phi) is 5.78. The van der Waals surface area contributed by atoms with Crippen molar-refractivity contribution in [3.8, 4) is 0 Å². The molecule has 0 spiro atoms. The lowest BCUT2D eigenvalue weighted by atomic mass is 10.2. The highest BCUT2D eigenvalue weighted by Gasteiger charge is 2.16. The fraction of sp³-hybridized carbons (Fsp3) is 0.462. The Balaban J connectivity index is 1.79. The highest BCUT2D eigenvalue weighted by atomic mass is 35.5.